The van der Waals surface area contributed by atoms with E-state index in [1.165, 1.54) is 22.2 Å². The lowest BCUT2D eigenvalue weighted by Gasteiger charge is -2.28. The van der Waals surface area contributed by atoms with Crippen LogP contribution < -0.4 is 5.56 Å². The number of pyridine rings is 1. The third-order valence-electron chi connectivity index (χ3n) is 6.03. The highest BCUT2D eigenvalue weighted by atomic mass is 16.1. The SMILES string of the molecule is CCCc1ncc2c(n1)CCN(Cc1cc3cccc4c3n(c1=O)CCC4)C2. The molecule has 144 valence electrons. The Bertz CT molecular complexity index is 1100. The molecule has 0 amide bonds. The Labute approximate surface area is 165 Å². The van der Waals surface area contributed by atoms with Gasteiger partial charge >= 0.3 is 0 Å². The van der Waals surface area contributed by atoms with Crippen molar-refractivity contribution in [2.75, 3.05) is 6.54 Å². The second kappa shape index (κ2) is 7.13. The Balaban J connectivity index is 1.44. The first kappa shape index (κ1) is 17.6. The summed E-state index contributed by atoms with van der Waals surface area (Å²) in [6.07, 6.45) is 7.04. The summed E-state index contributed by atoms with van der Waals surface area (Å²) in [5, 5.41) is 1.19. The van der Waals surface area contributed by atoms with Crippen molar-refractivity contribution in [3.05, 3.63) is 69.0 Å². The lowest BCUT2D eigenvalue weighted by molar-refractivity contribution is 0.241. The molecule has 0 spiro atoms. The van der Waals surface area contributed by atoms with Gasteiger partial charge in [-0.25, -0.2) is 9.97 Å². The van der Waals surface area contributed by atoms with E-state index in [1.54, 1.807) is 0 Å². The van der Waals surface area contributed by atoms with Gasteiger partial charge in [0.15, 0.2) is 0 Å². The van der Waals surface area contributed by atoms with Crippen molar-refractivity contribution in [2.45, 2.75) is 58.7 Å². The number of rotatable bonds is 4. The van der Waals surface area contributed by atoms with Crippen molar-refractivity contribution in [1.29, 1.82) is 0 Å². The molecule has 0 fully saturated rings. The molecular formula is C23H26N4O. The van der Waals surface area contributed by atoms with Gasteiger partial charge < -0.3 is 4.57 Å². The molecule has 5 heteroatoms. The predicted molar refractivity (Wildman–Crippen MR) is 110 cm³/mol. The summed E-state index contributed by atoms with van der Waals surface area (Å²) < 4.78 is 2.00. The van der Waals surface area contributed by atoms with Gasteiger partial charge in [0.05, 0.1) is 5.52 Å². The molecule has 28 heavy (non-hydrogen) atoms. The summed E-state index contributed by atoms with van der Waals surface area (Å²) >= 11 is 0. The summed E-state index contributed by atoms with van der Waals surface area (Å²) in [5.74, 6) is 0.956. The molecule has 2 aliphatic rings. The van der Waals surface area contributed by atoms with Crippen molar-refractivity contribution < 1.29 is 0 Å². The minimum atomic E-state index is 0.181. The lowest BCUT2D eigenvalue weighted by Crippen LogP contribution is -2.35. The number of aryl methyl sites for hydroxylation is 3. The summed E-state index contributed by atoms with van der Waals surface area (Å²) in [6.45, 7) is 5.43. The number of benzene rings is 1. The van der Waals surface area contributed by atoms with Crippen LogP contribution in [0.15, 0.2) is 35.3 Å². The van der Waals surface area contributed by atoms with E-state index in [1.807, 2.05) is 10.8 Å². The standard InChI is InChI=1S/C23H26N4O/c1-2-5-21-24-13-19-15-26(11-9-20(19)25-21)14-18-12-17-7-3-6-16-8-4-10-27(22(16)17)23(18)28/h3,6-7,12-13H,2,4-5,8-11,14-15H2,1H3. The lowest BCUT2D eigenvalue weighted by atomic mass is 9.99. The van der Waals surface area contributed by atoms with Gasteiger partial charge in [0.1, 0.15) is 5.82 Å². The molecule has 0 N–H and O–H groups in total. The van der Waals surface area contributed by atoms with Gasteiger partial charge in [0, 0.05) is 62.0 Å². The van der Waals surface area contributed by atoms with Gasteiger partial charge in [-0.05, 0) is 36.3 Å². The Morgan fingerprint density at radius 3 is 2.96 bits per heavy atom. The fraction of sp³-hybridized carbons (Fsp3) is 0.435. The number of nitrogens with zero attached hydrogens (tertiary/aromatic N) is 4. The molecule has 0 atom stereocenters. The van der Waals surface area contributed by atoms with Crippen LogP contribution in [0.2, 0.25) is 0 Å². The highest BCUT2D eigenvalue weighted by Gasteiger charge is 2.21. The molecule has 4 heterocycles. The van der Waals surface area contributed by atoms with Crippen molar-refractivity contribution in [2.24, 2.45) is 0 Å². The van der Waals surface area contributed by atoms with E-state index < -0.39 is 0 Å². The summed E-state index contributed by atoms with van der Waals surface area (Å²) in [4.78, 5) is 24.8. The highest BCUT2D eigenvalue weighted by Crippen LogP contribution is 2.25. The number of aromatic nitrogens is 3. The summed E-state index contributed by atoms with van der Waals surface area (Å²) in [6, 6.07) is 8.52. The van der Waals surface area contributed by atoms with Crippen LogP contribution in [0.3, 0.4) is 0 Å². The second-order valence-corrected chi connectivity index (χ2v) is 8.05. The molecule has 0 saturated carbocycles. The van der Waals surface area contributed by atoms with Crippen LogP contribution in [0, 0.1) is 0 Å². The first-order valence-electron chi connectivity index (χ1n) is 10.4. The zero-order chi connectivity index (χ0) is 19.1. The number of para-hydroxylation sites is 1. The maximum atomic E-state index is 13.1. The van der Waals surface area contributed by atoms with Gasteiger partial charge in [-0.1, -0.05) is 25.1 Å². The van der Waals surface area contributed by atoms with Crippen LogP contribution in [-0.4, -0.2) is 26.0 Å². The Morgan fingerprint density at radius 1 is 1.14 bits per heavy atom. The molecule has 3 aromatic rings. The van der Waals surface area contributed by atoms with Crippen LogP contribution in [-0.2, 0) is 38.9 Å². The molecule has 5 rings (SSSR count). The molecule has 2 aromatic heterocycles. The monoisotopic (exact) mass is 374 g/mol. The van der Waals surface area contributed by atoms with Crippen molar-refractivity contribution >= 4 is 10.9 Å². The quantitative estimate of drug-likeness (QED) is 0.703. The van der Waals surface area contributed by atoms with E-state index in [0.29, 0.717) is 6.54 Å². The van der Waals surface area contributed by atoms with Crippen molar-refractivity contribution in [3.63, 3.8) is 0 Å². The van der Waals surface area contributed by atoms with Gasteiger partial charge in [-0.2, -0.15) is 0 Å². The summed E-state index contributed by atoms with van der Waals surface area (Å²) in [7, 11) is 0. The van der Waals surface area contributed by atoms with Crippen LogP contribution in [0.5, 0.6) is 0 Å². The molecular weight excluding hydrogens is 348 g/mol. The zero-order valence-corrected chi connectivity index (χ0v) is 16.4. The van der Waals surface area contributed by atoms with Crippen molar-refractivity contribution in [3.8, 4) is 0 Å². The Hall–Kier alpha value is -2.53. The molecule has 0 aliphatic carbocycles. The van der Waals surface area contributed by atoms with E-state index in [2.05, 4.69) is 41.1 Å². The molecule has 0 bridgehead atoms. The molecule has 1 aromatic carbocycles. The van der Waals surface area contributed by atoms with Gasteiger partial charge in [-0.3, -0.25) is 9.69 Å². The van der Waals surface area contributed by atoms with Crippen molar-refractivity contribution in [1.82, 2.24) is 19.4 Å². The van der Waals surface area contributed by atoms with Crippen LogP contribution in [0.1, 0.15) is 48.0 Å². The normalized spacial score (nSPS) is 16.3. The average molecular weight is 374 g/mol. The minimum absolute atomic E-state index is 0.181. The van der Waals surface area contributed by atoms with E-state index in [-0.39, 0.29) is 5.56 Å². The van der Waals surface area contributed by atoms with Crippen LogP contribution >= 0.6 is 0 Å². The Kier molecular flexibility index (Phi) is 4.47. The largest absolute Gasteiger partial charge is 0.308 e. The minimum Gasteiger partial charge on any atom is -0.308 e. The molecule has 0 saturated heterocycles. The van der Waals surface area contributed by atoms with E-state index in [4.69, 9.17) is 4.98 Å². The third kappa shape index (κ3) is 3.04. The van der Waals surface area contributed by atoms with E-state index >= 15 is 0 Å². The zero-order valence-electron chi connectivity index (χ0n) is 16.4. The maximum Gasteiger partial charge on any atom is 0.255 e. The van der Waals surface area contributed by atoms with Gasteiger partial charge in [0.2, 0.25) is 0 Å². The smallest absolute Gasteiger partial charge is 0.255 e. The van der Waals surface area contributed by atoms with E-state index in [9.17, 15) is 4.79 Å². The summed E-state index contributed by atoms with van der Waals surface area (Å²) in [5.41, 5.74) is 5.92. The molecule has 2 aliphatic heterocycles. The van der Waals surface area contributed by atoms with Gasteiger partial charge in [-0.15, -0.1) is 0 Å². The Morgan fingerprint density at radius 2 is 2.07 bits per heavy atom. The highest BCUT2D eigenvalue weighted by molar-refractivity contribution is 5.83. The molecule has 0 radical (unpaired) electrons. The number of fused-ring (bicyclic) bond motifs is 1. The maximum absolute atomic E-state index is 13.1. The molecule has 0 unspecified atom stereocenters. The topological polar surface area (TPSA) is 51.0 Å². The van der Waals surface area contributed by atoms with Gasteiger partial charge in [0.25, 0.3) is 5.56 Å². The third-order valence-corrected chi connectivity index (χ3v) is 6.03. The van der Waals surface area contributed by atoms with Crippen LogP contribution in [0.4, 0.5) is 0 Å². The predicted octanol–water partition coefficient (Wildman–Crippen LogP) is 3.25. The number of hydrogen-bond donors (Lipinski definition) is 0. The fourth-order valence-corrected chi connectivity index (χ4v) is 4.67. The van der Waals surface area contributed by atoms with E-state index in [0.717, 1.165) is 68.6 Å². The van der Waals surface area contributed by atoms with Crippen LogP contribution in [0.25, 0.3) is 10.9 Å². The first-order valence-corrected chi connectivity index (χ1v) is 10.4. The second-order valence-electron chi connectivity index (χ2n) is 8.05. The first-order chi connectivity index (χ1) is 13.7. The number of hydrogen-bond acceptors (Lipinski definition) is 4. The average Bonchev–Trinajstić information content (AvgIpc) is 2.72. The fourth-order valence-electron chi connectivity index (χ4n) is 4.67. The molecule has 5 nitrogen and oxygen atoms in total.